The number of rotatable bonds is 2. The molecule has 4 nitrogen and oxygen atoms in total. The van der Waals surface area contributed by atoms with Crippen molar-refractivity contribution >= 4 is 5.91 Å². The molecule has 1 aliphatic rings. The van der Waals surface area contributed by atoms with Gasteiger partial charge in [-0.3, -0.25) is 4.79 Å². The zero-order chi connectivity index (χ0) is 13.1. The number of nitrogens with zero attached hydrogens (tertiary/aromatic N) is 1. The van der Waals surface area contributed by atoms with Gasteiger partial charge in [0.15, 0.2) is 0 Å². The minimum Gasteiger partial charge on any atom is -0.375 e. The summed E-state index contributed by atoms with van der Waals surface area (Å²) < 4.78 is 5.52. The molecule has 2 rings (SSSR count). The highest BCUT2D eigenvalue weighted by molar-refractivity contribution is 5.83. The van der Waals surface area contributed by atoms with Crippen LogP contribution in [0.15, 0.2) is 30.3 Å². The zero-order valence-electron chi connectivity index (χ0n) is 10.9. The van der Waals surface area contributed by atoms with Crippen LogP contribution in [-0.2, 0) is 9.53 Å². The maximum absolute atomic E-state index is 12.4. The van der Waals surface area contributed by atoms with E-state index >= 15 is 0 Å². The Morgan fingerprint density at radius 1 is 1.39 bits per heavy atom. The fourth-order valence-corrected chi connectivity index (χ4v) is 2.23. The summed E-state index contributed by atoms with van der Waals surface area (Å²) in [6.07, 6.45) is 0.0608. The van der Waals surface area contributed by atoms with Crippen molar-refractivity contribution in [3.8, 4) is 0 Å². The van der Waals surface area contributed by atoms with Gasteiger partial charge in [0, 0.05) is 6.54 Å². The van der Waals surface area contributed by atoms with Crippen molar-refractivity contribution in [2.45, 2.75) is 32.0 Å². The van der Waals surface area contributed by atoms with Crippen molar-refractivity contribution in [2.75, 3.05) is 13.2 Å². The third-order valence-corrected chi connectivity index (χ3v) is 3.59. The summed E-state index contributed by atoms with van der Waals surface area (Å²) in [5, 5.41) is 0. The number of benzene rings is 1. The molecule has 98 valence electrons. The van der Waals surface area contributed by atoms with Gasteiger partial charge in [0.05, 0.1) is 18.8 Å². The standard InChI is InChI=1S/C14H20N2O2/c1-10-11(2)18-9-8-16(10)14(17)13(15)12-6-4-3-5-7-12/h3-7,10-11,13H,8-9,15H2,1-2H3. The average molecular weight is 248 g/mol. The molecule has 0 aliphatic carbocycles. The van der Waals surface area contributed by atoms with Gasteiger partial charge in [-0.05, 0) is 19.4 Å². The highest BCUT2D eigenvalue weighted by Crippen LogP contribution is 2.19. The van der Waals surface area contributed by atoms with E-state index in [4.69, 9.17) is 10.5 Å². The van der Waals surface area contributed by atoms with Crippen LogP contribution in [0.25, 0.3) is 0 Å². The van der Waals surface area contributed by atoms with Crippen molar-refractivity contribution in [1.82, 2.24) is 4.90 Å². The van der Waals surface area contributed by atoms with Gasteiger partial charge in [0.2, 0.25) is 5.91 Å². The molecule has 1 saturated heterocycles. The lowest BCUT2D eigenvalue weighted by Gasteiger charge is -2.39. The minimum atomic E-state index is -0.584. The molecule has 4 heteroatoms. The smallest absolute Gasteiger partial charge is 0.244 e. The van der Waals surface area contributed by atoms with Gasteiger partial charge in [0.25, 0.3) is 0 Å². The summed E-state index contributed by atoms with van der Waals surface area (Å²) in [7, 11) is 0. The third-order valence-electron chi connectivity index (χ3n) is 3.59. The van der Waals surface area contributed by atoms with Crippen LogP contribution in [0.4, 0.5) is 0 Å². The van der Waals surface area contributed by atoms with E-state index in [1.165, 1.54) is 0 Å². The van der Waals surface area contributed by atoms with Gasteiger partial charge in [0.1, 0.15) is 6.04 Å². The predicted molar refractivity (Wildman–Crippen MR) is 70.0 cm³/mol. The molecule has 18 heavy (non-hydrogen) atoms. The van der Waals surface area contributed by atoms with Gasteiger partial charge in [-0.25, -0.2) is 0 Å². The van der Waals surface area contributed by atoms with E-state index in [-0.39, 0.29) is 18.1 Å². The lowest BCUT2D eigenvalue weighted by molar-refractivity contribution is -0.145. The number of carbonyl (C=O) groups is 1. The molecule has 3 atom stereocenters. The van der Waals surface area contributed by atoms with E-state index in [1.807, 2.05) is 49.1 Å². The van der Waals surface area contributed by atoms with Gasteiger partial charge >= 0.3 is 0 Å². The summed E-state index contributed by atoms with van der Waals surface area (Å²) in [4.78, 5) is 14.2. The van der Waals surface area contributed by atoms with Gasteiger partial charge in [-0.15, -0.1) is 0 Å². The maximum atomic E-state index is 12.4. The van der Waals surface area contributed by atoms with Crippen LogP contribution in [0.5, 0.6) is 0 Å². The van der Waals surface area contributed by atoms with E-state index in [1.54, 1.807) is 0 Å². The summed E-state index contributed by atoms with van der Waals surface area (Å²) in [6.45, 7) is 5.18. The first-order valence-electron chi connectivity index (χ1n) is 6.34. The molecule has 1 aromatic rings. The molecule has 0 saturated carbocycles. The fraction of sp³-hybridized carbons (Fsp3) is 0.500. The number of ether oxygens (including phenoxy) is 1. The Morgan fingerprint density at radius 2 is 2.06 bits per heavy atom. The number of hydrogen-bond acceptors (Lipinski definition) is 3. The summed E-state index contributed by atoms with van der Waals surface area (Å²) in [5.41, 5.74) is 6.90. The number of morpholine rings is 1. The molecule has 1 amide bonds. The SMILES string of the molecule is CC1OCCN(C(=O)C(N)c2ccccc2)C1C. The first-order chi connectivity index (χ1) is 8.61. The molecule has 2 N–H and O–H groups in total. The van der Waals surface area contributed by atoms with Crippen LogP contribution >= 0.6 is 0 Å². The first kappa shape index (κ1) is 13.1. The Kier molecular flexibility index (Phi) is 3.99. The molecule has 0 spiro atoms. The summed E-state index contributed by atoms with van der Waals surface area (Å²) in [6, 6.07) is 8.97. The number of hydrogen-bond donors (Lipinski definition) is 1. The molecule has 1 heterocycles. The van der Waals surface area contributed by atoms with Gasteiger partial charge in [-0.1, -0.05) is 30.3 Å². The van der Waals surface area contributed by atoms with Gasteiger partial charge < -0.3 is 15.4 Å². The quantitative estimate of drug-likeness (QED) is 0.859. The lowest BCUT2D eigenvalue weighted by atomic mass is 10.0. The maximum Gasteiger partial charge on any atom is 0.244 e. The third kappa shape index (κ3) is 2.54. The van der Waals surface area contributed by atoms with Crippen LogP contribution < -0.4 is 5.73 Å². The van der Waals surface area contributed by atoms with E-state index in [0.29, 0.717) is 13.2 Å². The largest absolute Gasteiger partial charge is 0.375 e. The van der Waals surface area contributed by atoms with Gasteiger partial charge in [-0.2, -0.15) is 0 Å². The number of amides is 1. The Hall–Kier alpha value is -1.39. The predicted octanol–water partition coefficient (Wildman–Crippen LogP) is 1.32. The molecule has 1 fully saturated rings. The first-order valence-corrected chi connectivity index (χ1v) is 6.34. The second-order valence-corrected chi connectivity index (χ2v) is 4.74. The molecular weight excluding hydrogens is 228 g/mol. The van der Waals surface area contributed by atoms with Crippen molar-refractivity contribution in [1.29, 1.82) is 0 Å². The second-order valence-electron chi connectivity index (χ2n) is 4.74. The molecule has 0 radical (unpaired) electrons. The highest BCUT2D eigenvalue weighted by Gasteiger charge is 2.32. The van der Waals surface area contributed by atoms with E-state index in [0.717, 1.165) is 5.56 Å². The second kappa shape index (κ2) is 5.50. The van der Waals surface area contributed by atoms with Crippen molar-refractivity contribution in [2.24, 2.45) is 5.73 Å². The monoisotopic (exact) mass is 248 g/mol. The van der Waals surface area contributed by atoms with Crippen molar-refractivity contribution < 1.29 is 9.53 Å². The van der Waals surface area contributed by atoms with Crippen LogP contribution in [0.2, 0.25) is 0 Å². The summed E-state index contributed by atoms with van der Waals surface area (Å²) >= 11 is 0. The Labute approximate surface area is 108 Å². The highest BCUT2D eigenvalue weighted by atomic mass is 16.5. The molecule has 3 unspecified atom stereocenters. The van der Waals surface area contributed by atoms with Crippen LogP contribution in [0.1, 0.15) is 25.5 Å². The molecular formula is C14H20N2O2. The van der Waals surface area contributed by atoms with E-state index in [2.05, 4.69) is 0 Å². The van der Waals surface area contributed by atoms with Crippen molar-refractivity contribution in [3.63, 3.8) is 0 Å². The van der Waals surface area contributed by atoms with Crippen LogP contribution in [-0.4, -0.2) is 36.1 Å². The van der Waals surface area contributed by atoms with Crippen molar-refractivity contribution in [3.05, 3.63) is 35.9 Å². The van der Waals surface area contributed by atoms with Crippen LogP contribution in [0, 0.1) is 0 Å². The molecule has 1 aliphatic heterocycles. The Morgan fingerprint density at radius 3 is 2.72 bits per heavy atom. The topological polar surface area (TPSA) is 55.6 Å². The molecule has 0 aromatic heterocycles. The fourth-order valence-electron chi connectivity index (χ4n) is 2.23. The Balaban J connectivity index is 2.11. The molecule has 1 aromatic carbocycles. The average Bonchev–Trinajstić information content (AvgIpc) is 2.41. The number of nitrogens with two attached hydrogens (primary N) is 1. The van der Waals surface area contributed by atoms with E-state index < -0.39 is 6.04 Å². The lowest BCUT2D eigenvalue weighted by Crippen LogP contribution is -2.53. The summed E-state index contributed by atoms with van der Waals surface area (Å²) in [5.74, 6) is -0.0242. The minimum absolute atomic E-state index is 0.0242. The number of carbonyl (C=O) groups excluding carboxylic acids is 1. The molecule has 0 bridgehead atoms. The van der Waals surface area contributed by atoms with Crippen LogP contribution in [0.3, 0.4) is 0 Å². The van der Waals surface area contributed by atoms with E-state index in [9.17, 15) is 4.79 Å². The Bertz CT molecular complexity index is 408. The zero-order valence-corrected chi connectivity index (χ0v) is 10.9. The normalized spacial score (nSPS) is 25.8.